The molecule has 0 spiro atoms. The van der Waals surface area contributed by atoms with Crippen LogP contribution in [0.4, 0.5) is 0 Å². The normalized spacial score (nSPS) is 10.7. The van der Waals surface area contributed by atoms with Crippen LogP contribution >= 0.6 is 12.0 Å². The molecule has 0 aliphatic carbocycles. The lowest BCUT2D eigenvalue weighted by Gasteiger charge is -2.08. The molecular formula is C19H18N2O4S. The first-order valence-corrected chi connectivity index (χ1v) is 8.59. The molecule has 1 aromatic heterocycles. The molecule has 0 aliphatic heterocycles. The van der Waals surface area contributed by atoms with Gasteiger partial charge >= 0.3 is 5.97 Å². The SMILES string of the molecule is COOSc1ccc(-n2nc(C(=O)OC)cc2-c2ccc(C)cc2)cc1. The monoisotopic (exact) mass is 370 g/mol. The van der Waals surface area contributed by atoms with Crippen LogP contribution in [0.25, 0.3) is 16.9 Å². The zero-order valence-electron chi connectivity index (χ0n) is 14.6. The number of carbonyl (C=O) groups excluding carboxylic acids is 1. The van der Waals surface area contributed by atoms with Gasteiger partial charge in [-0.05, 0) is 37.3 Å². The van der Waals surface area contributed by atoms with Crippen molar-refractivity contribution in [2.45, 2.75) is 11.8 Å². The summed E-state index contributed by atoms with van der Waals surface area (Å²) in [6.07, 6.45) is 0. The number of hydrogen-bond donors (Lipinski definition) is 0. The van der Waals surface area contributed by atoms with E-state index in [1.54, 1.807) is 10.7 Å². The Kier molecular flexibility index (Phi) is 5.72. The number of esters is 1. The van der Waals surface area contributed by atoms with E-state index >= 15 is 0 Å². The summed E-state index contributed by atoms with van der Waals surface area (Å²) in [4.78, 5) is 17.4. The number of carbonyl (C=O) groups is 1. The number of hydrogen-bond acceptors (Lipinski definition) is 6. The maximum absolute atomic E-state index is 11.9. The summed E-state index contributed by atoms with van der Waals surface area (Å²) < 4.78 is 11.4. The van der Waals surface area contributed by atoms with Crippen LogP contribution in [0.5, 0.6) is 0 Å². The molecule has 7 heteroatoms. The van der Waals surface area contributed by atoms with E-state index in [0.717, 1.165) is 39.4 Å². The van der Waals surface area contributed by atoms with E-state index in [2.05, 4.69) is 9.99 Å². The Morgan fingerprint density at radius 2 is 1.73 bits per heavy atom. The standard InChI is InChI=1S/C19H18N2O4S/c1-13-4-6-14(7-5-13)18-12-17(19(22)23-2)20-21(18)15-8-10-16(11-9-15)26-25-24-3/h4-12H,1-3H3. The zero-order chi connectivity index (χ0) is 18.5. The molecule has 0 atom stereocenters. The third kappa shape index (κ3) is 3.96. The van der Waals surface area contributed by atoms with Gasteiger partial charge in [-0.3, -0.25) is 0 Å². The van der Waals surface area contributed by atoms with Gasteiger partial charge in [-0.25, -0.2) is 14.4 Å². The van der Waals surface area contributed by atoms with Crippen molar-refractivity contribution < 1.29 is 18.8 Å². The fraction of sp³-hybridized carbons (Fsp3) is 0.158. The molecule has 134 valence electrons. The van der Waals surface area contributed by atoms with Gasteiger partial charge in [0.25, 0.3) is 0 Å². The van der Waals surface area contributed by atoms with Gasteiger partial charge in [0.2, 0.25) is 0 Å². The minimum Gasteiger partial charge on any atom is -0.464 e. The number of nitrogens with zero attached hydrogens (tertiary/aromatic N) is 2. The summed E-state index contributed by atoms with van der Waals surface area (Å²) in [6.45, 7) is 2.03. The van der Waals surface area contributed by atoms with E-state index in [9.17, 15) is 4.79 Å². The van der Waals surface area contributed by atoms with Gasteiger partial charge in [0.15, 0.2) is 5.69 Å². The Morgan fingerprint density at radius 3 is 2.35 bits per heavy atom. The van der Waals surface area contributed by atoms with Crippen LogP contribution in [0, 0.1) is 6.92 Å². The highest BCUT2D eigenvalue weighted by Crippen LogP contribution is 2.26. The van der Waals surface area contributed by atoms with Crippen molar-refractivity contribution in [2.75, 3.05) is 14.2 Å². The van der Waals surface area contributed by atoms with Crippen LogP contribution in [0.3, 0.4) is 0 Å². The Bertz CT molecular complexity index is 889. The van der Waals surface area contributed by atoms with Gasteiger partial charge in [0.05, 0.1) is 37.6 Å². The topological polar surface area (TPSA) is 62.6 Å². The number of benzene rings is 2. The highest BCUT2D eigenvalue weighted by Gasteiger charge is 2.17. The molecule has 2 aromatic carbocycles. The Hall–Kier alpha value is -2.61. The van der Waals surface area contributed by atoms with Gasteiger partial charge in [0, 0.05) is 10.5 Å². The highest BCUT2D eigenvalue weighted by molar-refractivity contribution is 7.94. The first-order valence-electron chi connectivity index (χ1n) is 7.85. The fourth-order valence-corrected chi connectivity index (χ4v) is 2.82. The molecule has 0 amide bonds. The van der Waals surface area contributed by atoms with E-state index in [4.69, 9.17) is 9.07 Å². The summed E-state index contributed by atoms with van der Waals surface area (Å²) in [5.41, 5.74) is 3.99. The van der Waals surface area contributed by atoms with Crippen LogP contribution in [-0.2, 0) is 14.0 Å². The zero-order valence-corrected chi connectivity index (χ0v) is 15.4. The first kappa shape index (κ1) is 18.2. The van der Waals surface area contributed by atoms with Crippen molar-refractivity contribution in [3.8, 4) is 16.9 Å². The molecule has 0 fully saturated rings. The molecule has 3 rings (SSSR count). The van der Waals surface area contributed by atoms with Crippen molar-refractivity contribution in [3.63, 3.8) is 0 Å². The third-order valence-corrected chi connectivity index (χ3v) is 4.40. The lowest BCUT2D eigenvalue weighted by atomic mass is 10.1. The van der Waals surface area contributed by atoms with Gasteiger partial charge < -0.3 is 4.74 Å². The van der Waals surface area contributed by atoms with E-state index in [1.165, 1.54) is 14.2 Å². The van der Waals surface area contributed by atoms with Crippen molar-refractivity contribution >= 4 is 18.0 Å². The molecule has 0 N–H and O–H groups in total. The molecule has 0 saturated carbocycles. The molecule has 6 nitrogen and oxygen atoms in total. The van der Waals surface area contributed by atoms with Crippen molar-refractivity contribution in [3.05, 3.63) is 65.9 Å². The Morgan fingerprint density at radius 1 is 1.04 bits per heavy atom. The molecule has 1 heterocycles. The summed E-state index contributed by atoms with van der Waals surface area (Å²) >= 11 is 1.11. The van der Waals surface area contributed by atoms with Gasteiger partial charge in [-0.15, -0.1) is 0 Å². The van der Waals surface area contributed by atoms with Gasteiger partial charge in [-0.1, -0.05) is 29.8 Å². The minimum absolute atomic E-state index is 0.254. The van der Waals surface area contributed by atoms with Crippen LogP contribution in [0.15, 0.2) is 59.5 Å². The molecule has 0 bridgehead atoms. The number of methoxy groups -OCH3 is 1. The molecule has 3 aromatic rings. The quantitative estimate of drug-likeness (QED) is 0.280. The molecule has 0 radical (unpaired) electrons. The Labute approximate surface area is 155 Å². The summed E-state index contributed by atoms with van der Waals surface area (Å²) in [5, 5.41) is 4.42. The number of rotatable bonds is 6. The van der Waals surface area contributed by atoms with Crippen molar-refractivity contribution in [1.82, 2.24) is 9.78 Å². The molecular weight excluding hydrogens is 352 g/mol. The second-order valence-corrected chi connectivity index (χ2v) is 6.27. The van der Waals surface area contributed by atoms with Gasteiger partial charge in [0.1, 0.15) is 0 Å². The van der Waals surface area contributed by atoms with Crippen LogP contribution < -0.4 is 0 Å². The minimum atomic E-state index is -0.474. The maximum atomic E-state index is 11.9. The molecule has 0 unspecified atom stereocenters. The van der Waals surface area contributed by atoms with Crippen LogP contribution in [0.2, 0.25) is 0 Å². The first-order chi connectivity index (χ1) is 12.6. The smallest absolute Gasteiger partial charge is 0.358 e. The fourth-order valence-electron chi connectivity index (χ4n) is 2.43. The number of aromatic nitrogens is 2. The average Bonchev–Trinajstić information content (AvgIpc) is 3.12. The van der Waals surface area contributed by atoms with Crippen LogP contribution in [0.1, 0.15) is 16.1 Å². The Balaban J connectivity index is 2.02. The second-order valence-electron chi connectivity index (χ2n) is 5.50. The lowest BCUT2D eigenvalue weighted by molar-refractivity contribution is -0.160. The molecule has 0 saturated heterocycles. The van der Waals surface area contributed by atoms with Crippen molar-refractivity contribution in [1.29, 1.82) is 0 Å². The summed E-state index contributed by atoms with van der Waals surface area (Å²) in [5.74, 6) is -0.474. The molecule has 0 aliphatic rings. The second kappa shape index (κ2) is 8.18. The third-order valence-electron chi connectivity index (χ3n) is 3.73. The van der Waals surface area contributed by atoms with Crippen LogP contribution in [-0.4, -0.2) is 30.0 Å². The van der Waals surface area contributed by atoms with Gasteiger partial charge in [-0.2, -0.15) is 9.43 Å². The average molecular weight is 370 g/mol. The highest BCUT2D eigenvalue weighted by atomic mass is 32.2. The maximum Gasteiger partial charge on any atom is 0.358 e. The van der Waals surface area contributed by atoms with E-state index in [1.807, 2.05) is 55.5 Å². The largest absolute Gasteiger partial charge is 0.464 e. The molecule has 26 heavy (non-hydrogen) atoms. The van der Waals surface area contributed by atoms with E-state index in [0.29, 0.717) is 0 Å². The van der Waals surface area contributed by atoms with Crippen molar-refractivity contribution in [2.24, 2.45) is 0 Å². The summed E-state index contributed by atoms with van der Waals surface area (Å²) in [7, 11) is 2.79. The lowest BCUT2D eigenvalue weighted by Crippen LogP contribution is -2.04. The summed E-state index contributed by atoms with van der Waals surface area (Å²) in [6, 6.07) is 17.3. The predicted octanol–water partition coefficient (Wildman–Crippen LogP) is 4.22. The van der Waals surface area contributed by atoms with E-state index < -0.39 is 5.97 Å². The number of ether oxygens (including phenoxy) is 1. The number of aryl methyl sites for hydroxylation is 1. The predicted molar refractivity (Wildman–Crippen MR) is 99.0 cm³/mol. The van der Waals surface area contributed by atoms with E-state index in [-0.39, 0.29) is 5.69 Å².